The molecule has 0 heterocycles. The van der Waals surface area contributed by atoms with Gasteiger partial charge in [0.1, 0.15) is 0 Å². The highest BCUT2D eigenvalue weighted by molar-refractivity contribution is 7.99. The van der Waals surface area contributed by atoms with E-state index < -0.39 is 0 Å². The van der Waals surface area contributed by atoms with Crippen LogP contribution in [0, 0.1) is 13.8 Å². The van der Waals surface area contributed by atoms with Crippen LogP contribution in [0.3, 0.4) is 0 Å². The Morgan fingerprint density at radius 2 is 1.61 bits per heavy atom. The van der Waals surface area contributed by atoms with Gasteiger partial charge in [-0.25, -0.2) is 0 Å². The summed E-state index contributed by atoms with van der Waals surface area (Å²) in [4.78, 5) is 2.00. The summed E-state index contributed by atoms with van der Waals surface area (Å²) in [6, 6.07) is 9.76. The zero-order valence-electron chi connectivity index (χ0n) is 10.1. The van der Waals surface area contributed by atoms with Crippen LogP contribution in [0.15, 0.2) is 40.1 Å². The van der Waals surface area contributed by atoms with Gasteiger partial charge in [0.2, 0.25) is 0 Å². The second kappa shape index (κ2) is 5.43. The molecule has 0 saturated heterocycles. The predicted molar refractivity (Wildman–Crippen MR) is 80.9 cm³/mol. The second-order valence-electron chi connectivity index (χ2n) is 4.18. The smallest absolute Gasteiger partial charge is 0.0581 e. The third-order valence-electron chi connectivity index (χ3n) is 2.58. The van der Waals surface area contributed by atoms with Gasteiger partial charge in [-0.3, -0.25) is 0 Å². The highest BCUT2D eigenvalue weighted by Gasteiger charge is 2.10. The molecule has 0 spiro atoms. The summed E-state index contributed by atoms with van der Waals surface area (Å²) in [5, 5.41) is 1.18. The van der Waals surface area contributed by atoms with Crippen LogP contribution in [-0.2, 0) is 0 Å². The Morgan fingerprint density at radius 1 is 1.00 bits per heavy atom. The molecule has 94 valence electrons. The number of nitrogen functional groups attached to an aromatic ring is 1. The maximum atomic E-state index is 6.19. The average Bonchev–Trinajstić information content (AvgIpc) is 2.28. The summed E-state index contributed by atoms with van der Waals surface area (Å²) in [7, 11) is 0. The van der Waals surface area contributed by atoms with Crippen LogP contribution in [-0.4, -0.2) is 0 Å². The number of benzene rings is 2. The molecule has 0 aliphatic carbocycles. The summed E-state index contributed by atoms with van der Waals surface area (Å²) in [6.45, 7) is 4.14. The van der Waals surface area contributed by atoms with Gasteiger partial charge in [-0.1, -0.05) is 47.1 Å². The first-order chi connectivity index (χ1) is 8.47. The van der Waals surface area contributed by atoms with Crippen LogP contribution in [0.1, 0.15) is 11.1 Å². The molecule has 0 saturated carbocycles. The largest absolute Gasteiger partial charge is 0.399 e. The molecule has 4 heteroatoms. The fourth-order valence-corrected chi connectivity index (χ4v) is 3.35. The average molecular weight is 298 g/mol. The molecule has 0 fully saturated rings. The molecule has 0 aromatic heterocycles. The first-order valence-electron chi connectivity index (χ1n) is 5.47. The molecule has 0 aliphatic rings. The molecular weight excluding hydrogens is 285 g/mol. The number of aryl methyl sites for hydroxylation is 2. The van der Waals surface area contributed by atoms with Gasteiger partial charge in [0.15, 0.2) is 0 Å². The topological polar surface area (TPSA) is 26.0 Å². The van der Waals surface area contributed by atoms with Gasteiger partial charge in [0.05, 0.1) is 10.0 Å². The van der Waals surface area contributed by atoms with Crippen LogP contribution < -0.4 is 5.73 Å². The van der Waals surface area contributed by atoms with Crippen molar-refractivity contribution < 1.29 is 0 Å². The van der Waals surface area contributed by atoms with Gasteiger partial charge < -0.3 is 5.73 Å². The fraction of sp³-hybridized carbons (Fsp3) is 0.143. The Hall–Kier alpha value is -0.830. The Bertz CT molecular complexity index is 573. The van der Waals surface area contributed by atoms with Crippen molar-refractivity contribution in [3.05, 3.63) is 51.5 Å². The molecule has 0 unspecified atom stereocenters. The Balaban J connectivity index is 2.43. The number of rotatable bonds is 2. The molecule has 2 aromatic rings. The highest BCUT2D eigenvalue weighted by Crippen LogP contribution is 2.41. The van der Waals surface area contributed by atoms with E-state index in [2.05, 4.69) is 32.0 Å². The summed E-state index contributed by atoms with van der Waals surface area (Å²) in [5.74, 6) is 0. The molecule has 2 aromatic carbocycles. The lowest BCUT2D eigenvalue weighted by molar-refractivity contribution is 1.25. The zero-order chi connectivity index (χ0) is 13.3. The van der Waals surface area contributed by atoms with E-state index >= 15 is 0 Å². The lowest BCUT2D eigenvalue weighted by Gasteiger charge is -2.10. The Morgan fingerprint density at radius 3 is 2.22 bits per heavy atom. The molecule has 0 aliphatic heterocycles. The van der Waals surface area contributed by atoms with Gasteiger partial charge in [0, 0.05) is 15.5 Å². The third kappa shape index (κ3) is 2.94. The molecule has 0 radical (unpaired) electrons. The van der Waals surface area contributed by atoms with Crippen molar-refractivity contribution in [2.45, 2.75) is 23.6 Å². The van der Waals surface area contributed by atoms with Crippen molar-refractivity contribution >= 4 is 40.7 Å². The van der Waals surface area contributed by atoms with E-state index in [1.165, 1.54) is 11.1 Å². The summed E-state index contributed by atoms with van der Waals surface area (Å²) >= 11 is 14.0. The molecule has 0 bridgehead atoms. The van der Waals surface area contributed by atoms with Crippen molar-refractivity contribution in [3.63, 3.8) is 0 Å². The Labute approximate surface area is 121 Å². The van der Waals surface area contributed by atoms with E-state index in [1.807, 2.05) is 0 Å². The number of hydrogen-bond acceptors (Lipinski definition) is 2. The van der Waals surface area contributed by atoms with Crippen LogP contribution in [0.4, 0.5) is 5.69 Å². The van der Waals surface area contributed by atoms with Crippen molar-refractivity contribution in [2.75, 3.05) is 5.73 Å². The van der Waals surface area contributed by atoms with Crippen LogP contribution in [0.5, 0.6) is 0 Å². The van der Waals surface area contributed by atoms with E-state index in [0.29, 0.717) is 15.7 Å². The van der Waals surface area contributed by atoms with E-state index in [0.717, 1.165) is 9.79 Å². The SMILES string of the molecule is Cc1ccc(C)c(Sc2c(Cl)cc(N)cc2Cl)c1. The minimum absolute atomic E-state index is 0.579. The van der Waals surface area contributed by atoms with Gasteiger partial charge in [-0.2, -0.15) is 0 Å². The maximum Gasteiger partial charge on any atom is 0.0581 e. The predicted octanol–water partition coefficient (Wildman–Crippen LogP) is 5.34. The molecule has 0 atom stereocenters. The van der Waals surface area contributed by atoms with Crippen molar-refractivity contribution in [2.24, 2.45) is 0 Å². The van der Waals surface area contributed by atoms with Crippen molar-refractivity contribution in [3.8, 4) is 0 Å². The first kappa shape index (κ1) is 13.6. The van der Waals surface area contributed by atoms with E-state index in [-0.39, 0.29) is 0 Å². The normalized spacial score (nSPS) is 10.7. The number of nitrogens with two attached hydrogens (primary N) is 1. The van der Waals surface area contributed by atoms with Gasteiger partial charge >= 0.3 is 0 Å². The highest BCUT2D eigenvalue weighted by atomic mass is 35.5. The summed E-state index contributed by atoms with van der Waals surface area (Å²) in [6.07, 6.45) is 0. The minimum Gasteiger partial charge on any atom is -0.399 e. The number of anilines is 1. The van der Waals surface area contributed by atoms with Crippen LogP contribution in [0.25, 0.3) is 0 Å². The number of hydrogen-bond donors (Lipinski definition) is 1. The maximum absolute atomic E-state index is 6.19. The van der Waals surface area contributed by atoms with Crippen molar-refractivity contribution in [1.29, 1.82) is 0 Å². The summed E-state index contributed by atoms with van der Waals surface area (Å²) in [5.41, 5.74) is 8.69. The third-order valence-corrected chi connectivity index (χ3v) is 4.70. The Kier molecular flexibility index (Phi) is 4.10. The molecular formula is C14H13Cl2NS. The zero-order valence-corrected chi connectivity index (χ0v) is 12.5. The van der Waals surface area contributed by atoms with Gasteiger partial charge in [-0.05, 0) is 43.2 Å². The molecule has 2 rings (SSSR count). The molecule has 1 nitrogen and oxygen atoms in total. The standard InChI is InChI=1S/C14H13Cl2NS/c1-8-3-4-9(2)13(5-8)18-14-11(15)6-10(17)7-12(14)16/h3-7H,17H2,1-2H3. The minimum atomic E-state index is 0.579. The quantitative estimate of drug-likeness (QED) is 0.757. The lowest BCUT2D eigenvalue weighted by Crippen LogP contribution is -1.88. The van der Waals surface area contributed by atoms with Crippen LogP contribution in [0.2, 0.25) is 10.0 Å². The molecule has 18 heavy (non-hydrogen) atoms. The molecule has 2 N–H and O–H groups in total. The van der Waals surface area contributed by atoms with Gasteiger partial charge in [-0.15, -0.1) is 0 Å². The monoisotopic (exact) mass is 297 g/mol. The van der Waals surface area contributed by atoms with E-state index in [1.54, 1.807) is 23.9 Å². The fourth-order valence-electron chi connectivity index (χ4n) is 1.60. The molecule has 0 amide bonds. The van der Waals surface area contributed by atoms with Gasteiger partial charge in [0.25, 0.3) is 0 Å². The summed E-state index contributed by atoms with van der Waals surface area (Å²) < 4.78 is 0. The second-order valence-corrected chi connectivity index (χ2v) is 6.05. The van der Waals surface area contributed by atoms with E-state index in [9.17, 15) is 0 Å². The number of halogens is 2. The first-order valence-corrected chi connectivity index (χ1v) is 7.04. The van der Waals surface area contributed by atoms with E-state index in [4.69, 9.17) is 28.9 Å². The lowest BCUT2D eigenvalue weighted by atomic mass is 10.2. The van der Waals surface area contributed by atoms with Crippen LogP contribution >= 0.6 is 35.0 Å². The van der Waals surface area contributed by atoms with Crippen molar-refractivity contribution in [1.82, 2.24) is 0 Å².